The number of hydrogen-bond donors (Lipinski definition) is 1. The Hall–Kier alpha value is -0.950. The van der Waals surface area contributed by atoms with Crippen LogP contribution in [0.3, 0.4) is 0 Å². The van der Waals surface area contributed by atoms with Crippen LogP contribution in [-0.4, -0.2) is 66.2 Å². The van der Waals surface area contributed by atoms with E-state index in [0.29, 0.717) is 6.54 Å². The zero-order chi connectivity index (χ0) is 17.4. The lowest BCUT2D eigenvalue weighted by Gasteiger charge is -2.43. The smallest absolute Gasteiger partial charge is 0.264 e. The maximum absolute atomic E-state index is 12.9. The molecule has 1 aromatic heterocycles. The molecule has 1 atom stereocenters. The van der Waals surface area contributed by atoms with Gasteiger partial charge in [0.1, 0.15) is 0 Å². The molecule has 138 valence electrons. The first-order chi connectivity index (χ1) is 12.1. The Kier molecular flexibility index (Phi) is 4.88. The number of rotatable bonds is 2. The van der Waals surface area contributed by atoms with E-state index in [0.717, 1.165) is 69.8 Å². The third-order valence-electron chi connectivity index (χ3n) is 6.01. The molecule has 1 spiro atoms. The maximum atomic E-state index is 12.9. The zero-order valence-electron chi connectivity index (χ0n) is 15.0. The molecule has 3 aliphatic heterocycles. The molecule has 0 aromatic carbocycles. The lowest BCUT2D eigenvalue weighted by Crippen LogP contribution is -2.46. The summed E-state index contributed by atoms with van der Waals surface area (Å²) in [6.07, 6.45) is 4.25. The average Bonchev–Trinajstić information content (AvgIpc) is 3.08. The minimum atomic E-state index is -0.375. The van der Waals surface area contributed by atoms with Crippen molar-refractivity contribution in [3.63, 3.8) is 0 Å². The molecule has 2 saturated heterocycles. The SMILES string of the molecule is CCN1CCC2(CC1)OCCc1sc(C(=O)N3CCCC(O)C3)cc12. The number of β-amino-alcohol motifs (C(OH)–C–C–N with tert-alkyl or cyclic N) is 1. The Balaban J connectivity index is 1.57. The van der Waals surface area contributed by atoms with Crippen molar-refractivity contribution in [3.05, 3.63) is 21.4 Å². The summed E-state index contributed by atoms with van der Waals surface area (Å²) in [5.74, 6) is 0.0827. The molecule has 0 radical (unpaired) electrons. The Morgan fingerprint density at radius 1 is 1.40 bits per heavy atom. The van der Waals surface area contributed by atoms with Gasteiger partial charge in [0.05, 0.1) is 23.2 Å². The summed E-state index contributed by atoms with van der Waals surface area (Å²) in [6.45, 7) is 7.41. The first kappa shape index (κ1) is 17.5. The minimum absolute atomic E-state index is 0.0827. The van der Waals surface area contributed by atoms with Crippen molar-refractivity contribution in [1.82, 2.24) is 9.80 Å². The van der Waals surface area contributed by atoms with Gasteiger partial charge in [0, 0.05) is 37.5 Å². The van der Waals surface area contributed by atoms with E-state index in [9.17, 15) is 9.90 Å². The fourth-order valence-corrected chi connectivity index (χ4v) is 5.66. The first-order valence-electron chi connectivity index (χ1n) is 9.58. The predicted molar refractivity (Wildman–Crippen MR) is 98.1 cm³/mol. The Labute approximate surface area is 153 Å². The van der Waals surface area contributed by atoms with Crippen LogP contribution < -0.4 is 0 Å². The number of aliphatic hydroxyl groups excluding tert-OH is 1. The summed E-state index contributed by atoms with van der Waals surface area (Å²) in [5.41, 5.74) is 1.08. The van der Waals surface area contributed by atoms with Gasteiger partial charge in [-0.25, -0.2) is 0 Å². The van der Waals surface area contributed by atoms with Crippen LogP contribution in [0.4, 0.5) is 0 Å². The van der Waals surface area contributed by atoms with E-state index in [1.54, 1.807) is 11.3 Å². The highest BCUT2D eigenvalue weighted by Gasteiger charge is 2.42. The van der Waals surface area contributed by atoms with Gasteiger partial charge in [0.25, 0.3) is 5.91 Å². The van der Waals surface area contributed by atoms with Crippen molar-refractivity contribution < 1.29 is 14.6 Å². The van der Waals surface area contributed by atoms with Crippen molar-refractivity contribution in [2.45, 2.75) is 50.7 Å². The lowest BCUT2D eigenvalue weighted by molar-refractivity contribution is -0.0964. The molecule has 3 aliphatic rings. The quantitative estimate of drug-likeness (QED) is 0.874. The third kappa shape index (κ3) is 3.25. The van der Waals surface area contributed by atoms with Gasteiger partial charge in [-0.15, -0.1) is 11.3 Å². The largest absolute Gasteiger partial charge is 0.391 e. The van der Waals surface area contributed by atoms with Crippen molar-refractivity contribution in [1.29, 1.82) is 0 Å². The van der Waals surface area contributed by atoms with E-state index in [4.69, 9.17) is 4.74 Å². The van der Waals surface area contributed by atoms with Gasteiger partial charge in [-0.2, -0.15) is 0 Å². The van der Waals surface area contributed by atoms with E-state index in [-0.39, 0.29) is 17.6 Å². The first-order valence-corrected chi connectivity index (χ1v) is 10.4. The number of likely N-dealkylation sites (tertiary alicyclic amines) is 2. The molecule has 4 heterocycles. The molecule has 1 N–H and O–H groups in total. The molecule has 1 aromatic rings. The second-order valence-corrected chi connectivity index (χ2v) is 8.66. The van der Waals surface area contributed by atoms with Gasteiger partial charge in [0.15, 0.2) is 0 Å². The third-order valence-corrected chi connectivity index (χ3v) is 7.20. The standard InChI is InChI=1S/C19H28N2O3S/c1-2-20-9-6-19(7-10-20)15-12-17(25-16(15)5-11-24-19)18(23)21-8-3-4-14(22)13-21/h12,14,22H,2-11,13H2,1H3. The fraction of sp³-hybridized carbons (Fsp3) is 0.737. The van der Waals surface area contributed by atoms with Crippen LogP contribution in [0.25, 0.3) is 0 Å². The number of piperidine rings is 2. The highest BCUT2D eigenvalue weighted by atomic mass is 32.1. The van der Waals surface area contributed by atoms with E-state index in [2.05, 4.69) is 17.9 Å². The summed E-state index contributed by atoms with van der Waals surface area (Å²) in [4.78, 5) is 19.3. The molecule has 5 nitrogen and oxygen atoms in total. The molecule has 1 unspecified atom stereocenters. The van der Waals surface area contributed by atoms with Crippen LogP contribution in [0.15, 0.2) is 6.07 Å². The van der Waals surface area contributed by atoms with Crippen molar-refractivity contribution >= 4 is 17.2 Å². The number of aliphatic hydroxyl groups is 1. The number of carbonyl (C=O) groups excluding carboxylic acids is 1. The van der Waals surface area contributed by atoms with Gasteiger partial charge in [-0.05, 0) is 43.9 Å². The van der Waals surface area contributed by atoms with E-state index in [1.165, 1.54) is 10.4 Å². The number of ether oxygens (including phenoxy) is 1. The lowest BCUT2D eigenvalue weighted by atomic mass is 9.82. The molecule has 2 fully saturated rings. The van der Waals surface area contributed by atoms with Crippen LogP contribution >= 0.6 is 11.3 Å². The summed E-state index contributed by atoms with van der Waals surface area (Å²) >= 11 is 1.65. The normalized spacial score (nSPS) is 26.6. The highest BCUT2D eigenvalue weighted by molar-refractivity contribution is 7.14. The number of nitrogens with zero attached hydrogens (tertiary/aromatic N) is 2. The molecule has 6 heteroatoms. The second-order valence-electron chi connectivity index (χ2n) is 7.52. The summed E-state index contributed by atoms with van der Waals surface area (Å²) < 4.78 is 6.30. The van der Waals surface area contributed by atoms with Gasteiger partial charge in [-0.1, -0.05) is 6.92 Å². The average molecular weight is 365 g/mol. The van der Waals surface area contributed by atoms with Crippen molar-refractivity contribution in [3.8, 4) is 0 Å². The molecule has 1 amide bonds. The maximum Gasteiger partial charge on any atom is 0.264 e. The fourth-order valence-electron chi connectivity index (χ4n) is 4.46. The number of carbonyl (C=O) groups is 1. The number of thiophene rings is 1. The molecule has 4 rings (SSSR count). The number of amides is 1. The van der Waals surface area contributed by atoms with Gasteiger partial charge < -0.3 is 19.6 Å². The van der Waals surface area contributed by atoms with Crippen LogP contribution in [0.5, 0.6) is 0 Å². The highest BCUT2D eigenvalue weighted by Crippen LogP contribution is 2.44. The molecular weight excluding hydrogens is 336 g/mol. The predicted octanol–water partition coefficient (Wildman–Crippen LogP) is 2.23. The molecule has 0 aliphatic carbocycles. The number of hydrogen-bond acceptors (Lipinski definition) is 5. The molecule has 25 heavy (non-hydrogen) atoms. The summed E-state index contributed by atoms with van der Waals surface area (Å²) in [7, 11) is 0. The Morgan fingerprint density at radius 2 is 2.20 bits per heavy atom. The molecule has 0 bridgehead atoms. The van der Waals surface area contributed by atoms with Crippen LogP contribution in [-0.2, 0) is 16.8 Å². The zero-order valence-corrected chi connectivity index (χ0v) is 15.8. The van der Waals surface area contributed by atoms with Gasteiger partial charge >= 0.3 is 0 Å². The monoisotopic (exact) mass is 364 g/mol. The van der Waals surface area contributed by atoms with Crippen LogP contribution in [0.1, 0.15) is 52.7 Å². The number of fused-ring (bicyclic) bond motifs is 2. The van der Waals surface area contributed by atoms with Crippen molar-refractivity contribution in [2.75, 3.05) is 39.3 Å². The van der Waals surface area contributed by atoms with Crippen molar-refractivity contribution in [2.24, 2.45) is 0 Å². The Bertz CT molecular complexity index is 637. The van der Waals surface area contributed by atoms with E-state index >= 15 is 0 Å². The Morgan fingerprint density at radius 3 is 2.92 bits per heavy atom. The molecule has 0 saturated carbocycles. The summed E-state index contributed by atoms with van der Waals surface area (Å²) in [6, 6.07) is 2.10. The second kappa shape index (κ2) is 6.99. The minimum Gasteiger partial charge on any atom is -0.391 e. The van der Waals surface area contributed by atoms with Crippen LogP contribution in [0.2, 0.25) is 0 Å². The summed E-state index contributed by atoms with van der Waals surface area (Å²) in [5, 5.41) is 9.87. The van der Waals surface area contributed by atoms with E-state index < -0.39 is 0 Å². The van der Waals surface area contributed by atoms with Crippen LogP contribution in [0, 0.1) is 0 Å². The van der Waals surface area contributed by atoms with Gasteiger partial charge in [-0.3, -0.25) is 4.79 Å². The van der Waals surface area contributed by atoms with Gasteiger partial charge in [0.2, 0.25) is 0 Å². The molecular formula is C19H28N2O3S. The topological polar surface area (TPSA) is 53.0 Å². The van der Waals surface area contributed by atoms with E-state index in [1.807, 2.05) is 4.90 Å².